The molecule has 5 rings (SSSR count). The molecular weight excluding hydrogens is 290 g/mol. The Kier molecular flexibility index (Phi) is 4.51. The van der Waals surface area contributed by atoms with Crippen LogP contribution in [0.1, 0.15) is 50.0 Å². The van der Waals surface area contributed by atoms with Gasteiger partial charge in [0, 0.05) is 24.3 Å². The fraction of sp³-hybridized carbons (Fsp3) is 0.722. The molecule has 3 aliphatic heterocycles. The van der Waals surface area contributed by atoms with Crippen molar-refractivity contribution < 1.29 is 9.47 Å². The van der Waals surface area contributed by atoms with E-state index in [1.807, 2.05) is 12.3 Å². The molecule has 23 heavy (non-hydrogen) atoms. The van der Waals surface area contributed by atoms with Gasteiger partial charge in [0.25, 0.3) is 0 Å². The van der Waals surface area contributed by atoms with Crippen molar-refractivity contribution in [1.82, 2.24) is 9.88 Å². The van der Waals surface area contributed by atoms with Gasteiger partial charge in [0.15, 0.2) is 0 Å². The van der Waals surface area contributed by atoms with Crippen LogP contribution >= 0.6 is 0 Å². The first-order valence-corrected chi connectivity index (χ1v) is 9.00. The minimum atomic E-state index is 0.176. The molecule has 4 heterocycles. The average Bonchev–Trinajstić information content (AvgIpc) is 2.59. The normalized spacial score (nSPS) is 35.3. The van der Waals surface area contributed by atoms with Crippen LogP contribution in [0.2, 0.25) is 0 Å². The fourth-order valence-corrected chi connectivity index (χ4v) is 4.30. The smallest absolute Gasteiger partial charge is 0.218 e. The summed E-state index contributed by atoms with van der Waals surface area (Å²) in [7, 11) is 0. The molecule has 4 aliphatic rings. The van der Waals surface area contributed by atoms with E-state index in [0.717, 1.165) is 57.6 Å². The van der Waals surface area contributed by atoms with Gasteiger partial charge in [-0.05, 0) is 50.5 Å². The molecule has 1 saturated carbocycles. The second-order valence-corrected chi connectivity index (χ2v) is 7.16. The van der Waals surface area contributed by atoms with Gasteiger partial charge in [0.05, 0.1) is 18.8 Å². The number of fused-ring (bicyclic) bond motifs is 4. The van der Waals surface area contributed by atoms with E-state index in [-0.39, 0.29) is 12.1 Å². The summed E-state index contributed by atoms with van der Waals surface area (Å²) in [5, 5.41) is 0. The quantitative estimate of drug-likeness (QED) is 0.795. The van der Waals surface area contributed by atoms with Gasteiger partial charge in [0.2, 0.25) is 5.88 Å². The lowest BCUT2D eigenvalue weighted by Gasteiger charge is -2.41. The number of piperidine rings is 1. The molecular formula is C18H27N3O2. The summed E-state index contributed by atoms with van der Waals surface area (Å²) in [6.07, 6.45) is 9.00. The standard InChI is InChI=1S/C18H27N3O2/c19-16-4-2-10-21-12-23-18-15(3-1-9-20-18)13-5-7-14(8-6-13)22-11-17(16)21/h1,3,9,13-14,16-17H,2,4-8,10-12,19H2. The first-order valence-electron chi connectivity index (χ1n) is 9.00. The largest absolute Gasteiger partial charge is 0.461 e. The Bertz CT molecular complexity index is 531. The van der Waals surface area contributed by atoms with E-state index in [1.54, 1.807) is 0 Å². The van der Waals surface area contributed by atoms with Gasteiger partial charge in [-0.15, -0.1) is 0 Å². The third-order valence-electron chi connectivity index (χ3n) is 5.73. The van der Waals surface area contributed by atoms with Crippen LogP contribution < -0.4 is 10.5 Å². The first kappa shape index (κ1) is 15.4. The highest BCUT2D eigenvalue weighted by molar-refractivity contribution is 5.30. The summed E-state index contributed by atoms with van der Waals surface area (Å²) in [5.41, 5.74) is 7.64. The Morgan fingerprint density at radius 2 is 2.04 bits per heavy atom. The van der Waals surface area contributed by atoms with Gasteiger partial charge in [0.1, 0.15) is 6.73 Å². The van der Waals surface area contributed by atoms with Crippen molar-refractivity contribution in [2.24, 2.45) is 5.73 Å². The molecule has 2 atom stereocenters. The zero-order chi connectivity index (χ0) is 15.6. The molecule has 0 amide bonds. The molecule has 1 aromatic rings. The van der Waals surface area contributed by atoms with Crippen LogP contribution in [0.4, 0.5) is 0 Å². The van der Waals surface area contributed by atoms with Crippen LogP contribution in [0.5, 0.6) is 5.88 Å². The molecule has 1 aromatic heterocycles. The van der Waals surface area contributed by atoms with E-state index < -0.39 is 0 Å². The van der Waals surface area contributed by atoms with E-state index >= 15 is 0 Å². The summed E-state index contributed by atoms with van der Waals surface area (Å²) in [5.74, 6) is 1.37. The maximum Gasteiger partial charge on any atom is 0.218 e. The van der Waals surface area contributed by atoms with E-state index in [2.05, 4.69) is 16.0 Å². The molecule has 126 valence electrons. The minimum Gasteiger partial charge on any atom is -0.461 e. The number of nitrogens with zero attached hydrogens (tertiary/aromatic N) is 2. The molecule has 2 bridgehead atoms. The van der Waals surface area contributed by atoms with Crippen LogP contribution in [-0.4, -0.2) is 48.0 Å². The van der Waals surface area contributed by atoms with Crippen LogP contribution in [0, 0.1) is 0 Å². The Labute approximate surface area is 138 Å². The van der Waals surface area contributed by atoms with Crippen molar-refractivity contribution in [1.29, 1.82) is 0 Å². The predicted molar refractivity (Wildman–Crippen MR) is 88.4 cm³/mol. The molecule has 5 nitrogen and oxygen atoms in total. The highest BCUT2D eigenvalue weighted by Gasteiger charge is 2.33. The van der Waals surface area contributed by atoms with Crippen molar-refractivity contribution in [3.63, 3.8) is 0 Å². The fourth-order valence-electron chi connectivity index (χ4n) is 4.30. The molecule has 5 heteroatoms. The third kappa shape index (κ3) is 3.23. The van der Waals surface area contributed by atoms with Gasteiger partial charge >= 0.3 is 0 Å². The lowest BCUT2D eigenvalue weighted by Crippen LogP contribution is -2.55. The van der Waals surface area contributed by atoms with Crippen LogP contribution in [0.3, 0.4) is 0 Å². The molecule has 1 saturated heterocycles. The topological polar surface area (TPSA) is 60.6 Å². The lowest BCUT2D eigenvalue weighted by molar-refractivity contribution is -0.0465. The lowest BCUT2D eigenvalue weighted by atomic mass is 9.83. The molecule has 2 fully saturated rings. The van der Waals surface area contributed by atoms with Gasteiger partial charge < -0.3 is 15.2 Å². The summed E-state index contributed by atoms with van der Waals surface area (Å²) in [6.45, 7) is 2.32. The van der Waals surface area contributed by atoms with E-state index in [1.165, 1.54) is 5.56 Å². The highest BCUT2D eigenvalue weighted by atomic mass is 16.5. The highest BCUT2D eigenvalue weighted by Crippen LogP contribution is 2.38. The molecule has 0 spiro atoms. The SMILES string of the molecule is NC1CCCN2COc3ncccc3C3CCC(CC3)OCC12. The number of ether oxygens (including phenoxy) is 2. The zero-order valence-electron chi connectivity index (χ0n) is 13.7. The average molecular weight is 317 g/mol. The van der Waals surface area contributed by atoms with Crippen molar-refractivity contribution >= 4 is 0 Å². The zero-order valence-corrected chi connectivity index (χ0v) is 13.7. The second kappa shape index (κ2) is 6.75. The van der Waals surface area contributed by atoms with Gasteiger partial charge in [-0.1, -0.05) is 6.07 Å². The van der Waals surface area contributed by atoms with Crippen molar-refractivity contribution in [2.75, 3.05) is 19.9 Å². The Hall–Kier alpha value is -1.17. The van der Waals surface area contributed by atoms with Gasteiger partial charge in [-0.3, -0.25) is 4.90 Å². The van der Waals surface area contributed by atoms with Crippen LogP contribution in [0.15, 0.2) is 18.3 Å². The number of aromatic nitrogens is 1. The van der Waals surface area contributed by atoms with Crippen LogP contribution in [-0.2, 0) is 4.74 Å². The maximum atomic E-state index is 6.37. The molecule has 0 aromatic carbocycles. The monoisotopic (exact) mass is 317 g/mol. The summed E-state index contributed by atoms with van der Waals surface area (Å²) in [6, 6.07) is 4.64. The van der Waals surface area contributed by atoms with Crippen LogP contribution in [0.25, 0.3) is 0 Å². The van der Waals surface area contributed by atoms with Crippen molar-refractivity contribution in [3.8, 4) is 5.88 Å². The molecule has 0 radical (unpaired) electrons. The van der Waals surface area contributed by atoms with Crippen molar-refractivity contribution in [2.45, 2.75) is 62.6 Å². The molecule has 2 unspecified atom stereocenters. The summed E-state index contributed by atoms with van der Waals surface area (Å²) in [4.78, 5) is 6.84. The second-order valence-electron chi connectivity index (χ2n) is 7.16. The van der Waals surface area contributed by atoms with Crippen molar-refractivity contribution in [3.05, 3.63) is 23.9 Å². The Morgan fingerprint density at radius 3 is 2.91 bits per heavy atom. The number of nitrogens with two attached hydrogens (primary N) is 1. The van der Waals surface area contributed by atoms with Gasteiger partial charge in [-0.2, -0.15) is 0 Å². The predicted octanol–water partition coefficient (Wildman–Crippen LogP) is 2.27. The number of hydrogen-bond acceptors (Lipinski definition) is 5. The first-order chi connectivity index (χ1) is 11.3. The van der Waals surface area contributed by atoms with E-state index in [9.17, 15) is 0 Å². The third-order valence-corrected chi connectivity index (χ3v) is 5.73. The minimum absolute atomic E-state index is 0.176. The Morgan fingerprint density at radius 1 is 1.17 bits per heavy atom. The van der Waals surface area contributed by atoms with Gasteiger partial charge in [-0.25, -0.2) is 4.98 Å². The van der Waals surface area contributed by atoms with E-state index in [0.29, 0.717) is 18.8 Å². The maximum absolute atomic E-state index is 6.37. The van der Waals surface area contributed by atoms with E-state index in [4.69, 9.17) is 15.2 Å². The number of pyridine rings is 1. The number of rotatable bonds is 0. The summed E-state index contributed by atoms with van der Waals surface area (Å²) >= 11 is 0. The molecule has 1 aliphatic carbocycles. The molecule has 2 N–H and O–H groups in total. The number of hydrogen-bond donors (Lipinski definition) is 1. The Balaban J connectivity index is 1.61. The summed E-state index contributed by atoms with van der Waals surface area (Å²) < 4.78 is 12.4.